The third-order valence-corrected chi connectivity index (χ3v) is 6.30. The van der Waals surface area contributed by atoms with Gasteiger partial charge in [0, 0.05) is 0 Å². The van der Waals surface area contributed by atoms with Crippen molar-refractivity contribution in [2.45, 2.75) is 158 Å². The maximum Gasteiger partial charge on any atom is 6.00 e. The van der Waals surface area contributed by atoms with Gasteiger partial charge in [0.25, 0.3) is 0 Å². The molecule has 0 saturated heterocycles. The Labute approximate surface area is 233 Å². The largest absolute Gasteiger partial charge is 6.00 e. The van der Waals surface area contributed by atoms with Gasteiger partial charge in [0.2, 0.25) is 0 Å². The second-order valence-electron chi connectivity index (χ2n) is 9.22. The van der Waals surface area contributed by atoms with E-state index in [0.717, 1.165) is 38.5 Å². The average molecular weight is 584 g/mol. The Balaban J connectivity index is -0.000000146. The third-order valence-electron chi connectivity index (χ3n) is 6.30. The standard InChI is InChI=1S/2C13H28N2.2CHO.Ru/c2*1-7-10(4)13(14-11(5)8-2)15-12(6)9-3;2*1-2;/h2*10-13H,7-9H2,1-6H3;2*1H;/q2*-2;2*-1;+6. The normalized spacial score (nSPS) is 17.0. The van der Waals surface area contributed by atoms with Crippen molar-refractivity contribution in [3.05, 3.63) is 21.3 Å². The molecule has 0 fully saturated rings. The number of carbonyl (C=O) groups excluding carboxylic acids is 2. The van der Waals surface area contributed by atoms with E-state index in [9.17, 15) is 0 Å². The minimum Gasteiger partial charge on any atom is -0.675 e. The maximum absolute atomic E-state index is 7.75. The molecule has 0 aliphatic rings. The van der Waals surface area contributed by atoms with Crippen LogP contribution in [-0.2, 0) is 29.1 Å². The molecule has 0 aromatic heterocycles. The van der Waals surface area contributed by atoms with E-state index in [4.69, 9.17) is 30.9 Å². The Morgan fingerprint density at radius 1 is 0.429 bits per heavy atom. The van der Waals surface area contributed by atoms with Crippen molar-refractivity contribution in [2.24, 2.45) is 11.8 Å². The molecule has 6 nitrogen and oxygen atoms in total. The molecule has 0 amide bonds. The van der Waals surface area contributed by atoms with Crippen LogP contribution in [0, 0.1) is 11.8 Å². The first-order valence-corrected chi connectivity index (χ1v) is 13.4. The van der Waals surface area contributed by atoms with Crippen LogP contribution in [-0.4, -0.2) is 50.1 Å². The van der Waals surface area contributed by atoms with Crippen LogP contribution in [0.3, 0.4) is 0 Å². The van der Waals surface area contributed by atoms with E-state index < -0.39 is 0 Å². The van der Waals surface area contributed by atoms with Crippen LogP contribution >= 0.6 is 0 Å². The van der Waals surface area contributed by atoms with Crippen LogP contribution in [0.1, 0.15) is 122 Å². The van der Waals surface area contributed by atoms with Crippen molar-refractivity contribution in [3.63, 3.8) is 0 Å². The summed E-state index contributed by atoms with van der Waals surface area (Å²) >= 11 is 0. The molecule has 6 unspecified atom stereocenters. The molecule has 0 heterocycles. The Hall–Kier alpha value is -0.197. The van der Waals surface area contributed by atoms with Gasteiger partial charge in [0.15, 0.2) is 0 Å². The molecule has 0 spiro atoms. The molecule has 6 atom stereocenters. The number of hydrogen-bond donors (Lipinski definition) is 0. The maximum atomic E-state index is 7.75. The van der Waals surface area contributed by atoms with Crippen molar-refractivity contribution >= 4 is 13.6 Å². The zero-order valence-corrected chi connectivity index (χ0v) is 26.7. The van der Waals surface area contributed by atoms with E-state index in [-0.39, 0.29) is 31.8 Å². The van der Waals surface area contributed by atoms with Gasteiger partial charge >= 0.3 is 19.5 Å². The van der Waals surface area contributed by atoms with Gasteiger partial charge in [0.1, 0.15) is 0 Å². The summed E-state index contributed by atoms with van der Waals surface area (Å²) in [6.07, 6.45) is 7.19. The first-order valence-electron chi connectivity index (χ1n) is 13.4. The third kappa shape index (κ3) is 26.7. The zero-order valence-electron chi connectivity index (χ0n) is 25.0. The Morgan fingerprint density at radius 3 is 0.714 bits per heavy atom. The molecule has 210 valence electrons. The van der Waals surface area contributed by atoms with Crippen LogP contribution < -0.4 is 0 Å². The molecule has 0 rings (SSSR count). The van der Waals surface area contributed by atoms with Crippen LogP contribution in [0.5, 0.6) is 0 Å². The summed E-state index contributed by atoms with van der Waals surface area (Å²) < 4.78 is 0. The van der Waals surface area contributed by atoms with E-state index in [2.05, 4.69) is 96.7 Å². The Morgan fingerprint density at radius 2 is 0.600 bits per heavy atom. The van der Waals surface area contributed by atoms with Crippen LogP contribution in [0.4, 0.5) is 0 Å². The summed E-state index contributed by atoms with van der Waals surface area (Å²) in [5, 5.41) is 19.1. The second kappa shape index (κ2) is 31.8. The van der Waals surface area contributed by atoms with Gasteiger partial charge in [-0.05, 0) is 0 Å². The van der Waals surface area contributed by atoms with E-state index in [1.807, 2.05) is 0 Å². The van der Waals surface area contributed by atoms with Crippen molar-refractivity contribution in [3.8, 4) is 0 Å². The van der Waals surface area contributed by atoms with Crippen molar-refractivity contribution in [2.75, 3.05) is 0 Å². The molecule has 0 radical (unpaired) electrons. The fourth-order valence-electron chi connectivity index (χ4n) is 2.55. The van der Waals surface area contributed by atoms with Gasteiger partial charge in [-0.1, -0.05) is 133 Å². The van der Waals surface area contributed by atoms with Crippen molar-refractivity contribution in [1.82, 2.24) is 0 Å². The number of nitrogens with zero attached hydrogens (tertiary/aromatic N) is 4. The monoisotopic (exact) mass is 584 g/mol. The smallest absolute Gasteiger partial charge is 0.675 e. The van der Waals surface area contributed by atoms with E-state index in [1.165, 1.54) is 0 Å². The summed E-state index contributed by atoms with van der Waals surface area (Å²) in [5.74, 6) is 1.15. The molecule has 0 aliphatic carbocycles. The molecular formula is C28H58N4O2Ru. The molecule has 0 bridgehead atoms. The predicted molar refractivity (Wildman–Crippen MR) is 152 cm³/mol. The molecule has 0 aromatic carbocycles. The fraction of sp³-hybridized carbons (Fsp3) is 0.929. The topological polar surface area (TPSA) is 90.5 Å². The van der Waals surface area contributed by atoms with Crippen LogP contribution in [0.25, 0.3) is 21.3 Å². The minimum absolute atomic E-state index is 0. The summed E-state index contributed by atoms with van der Waals surface area (Å²) in [6, 6.07) is 1.77. The van der Waals surface area contributed by atoms with E-state index >= 15 is 0 Å². The molecule has 0 aromatic rings. The average Bonchev–Trinajstić information content (AvgIpc) is 2.88. The van der Waals surface area contributed by atoms with E-state index in [0.29, 0.717) is 36.0 Å². The molecule has 35 heavy (non-hydrogen) atoms. The summed E-state index contributed by atoms with van der Waals surface area (Å²) in [4.78, 5) is 15.5. The van der Waals surface area contributed by atoms with Crippen molar-refractivity contribution in [1.29, 1.82) is 0 Å². The van der Waals surface area contributed by atoms with Crippen molar-refractivity contribution < 1.29 is 29.1 Å². The number of hydrogen-bond acceptors (Lipinski definition) is 2. The van der Waals surface area contributed by atoms with Gasteiger partial charge in [0.05, 0.1) is 0 Å². The first-order chi connectivity index (χ1) is 16.1. The van der Waals surface area contributed by atoms with Gasteiger partial charge in [-0.15, -0.1) is 24.2 Å². The fourth-order valence-corrected chi connectivity index (χ4v) is 2.55. The molecule has 0 aliphatic heterocycles. The second-order valence-corrected chi connectivity index (χ2v) is 9.22. The predicted octanol–water partition coefficient (Wildman–Crippen LogP) is 8.86. The summed E-state index contributed by atoms with van der Waals surface area (Å²) in [5.41, 5.74) is 0. The Bertz CT molecular complexity index is 347. The Kier molecular flexibility index (Phi) is 40.7. The van der Waals surface area contributed by atoms with Gasteiger partial charge < -0.3 is 30.9 Å². The number of rotatable bonds is 16. The van der Waals surface area contributed by atoms with Gasteiger partial charge in [-0.25, -0.2) is 12.3 Å². The minimum atomic E-state index is 0. The summed E-state index contributed by atoms with van der Waals surface area (Å²) in [7, 11) is 0. The SMILES string of the molecule is CCC(C)[N-]C([N-]C(C)CC)C(C)CC.CCC(C)[N-]C([N-]C(C)CC)C(C)CC.[CH-]=O.[CH-]=O.[Ru+6]. The molecule has 0 N–H and O–H groups in total. The molecule has 0 saturated carbocycles. The van der Waals surface area contributed by atoms with Crippen LogP contribution in [0.2, 0.25) is 0 Å². The first kappa shape index (κ1) is 44.8. The van der Waals surface area contributed by atoms with E-state index in [1.54, 1.807) is 0 Å². The summed E-state index contributed by atoms with van der Waals surface area (Å²) in [6.45, 7) is 32.9. The molecular weight excluding hydrogens is 525 g/mol. The quantitative estimate of drug-likeness (QED) is 0.103. The molecule has 7 heteroatoms. The van der Waals surface area contributed by atoms with Gasteiger partial charge in [-0.3, -0.25) is 13.6 Å². The van der Waals surface area contributed by atoms with Crippen LogP contribution in [0.15, 0.2) is 0 Å². The zero-order chi connectivity index (χ0) is 27.7. The van der Waals surface area contributed by atoms with Gasteiger partial charge in [-0.2, -0.15) is 0 Å².